The largest absolute Gasteiger partial charge is 0.477 e. The predicted molar refractivity (Wildman–Crippen MR) is 95.7 cm³/mol. The summed E-state index contributed by atoms with van der Waals surface area (Å²) in [6.07, 6.45) is 0. The maximum atomic E-state index is 9.63. The fraction of sp³-hybridized carbons (Fsp3) is 0.143. The number of benzene rings is 2. The van der Waals surface area contributed by atoms with Gasteiger partial charge < -0.3 is 4.74 Å². The van der Waals surface area contributed by atoms with Crippen LogP contribution in [0.5, 0.6) is 5.88 Å². The summed E-state index contributed by atoms with van der Waals surface area (Å²) < 4.78 is 5.64. The van der Waals surface area contributed by atoms with Crippen LogP contribution in [-0.2, 0) is 0 Å². The van der Waals surface area contributed by atoms with Crippen molar-refractivity contribution in [3.05, 3.63) is 71.8 Å². The van der Waals surface area contributed by atoms with E-state index in [4.69, 9.17) is 4.74 Å². The minimum Gasteiger partial charge on any atom is -0.477 e. The number of aryl methyl sites for hydroxylation is 1. The Hall–Kier alpha value is -3.12. The Bertz CT molecular complexity index is 878. The zero-order valence-electron chi connectivity index (χ0n) is 13.8. The Balaban J connectivity index is 2.24. The molecular weight excluding hydrogens is 296 g/mol. The first-order valence-electron chi connectivity index (χ1n) is 7.93. The lowest BCUT2D eigenvalue weighted by Crippen LogP contribution is -2.01. The van der Waals surface area contributed by atoms with Gasteiger partial charge in [0.2, 0.25) is 5.88 Å². The monoisotopic (exact) mass is 314 g/mol. The topological polar surface area (TPSA) is 45.9 Å². The number of nitrogens with zero attached hydrogens (tertiary/aromatic N) is 2. The lowest BCUT2D eigenvalue weighted by atomic mass is 9.98. The highest BCUT2D eigenvalue weighted by Gasteiger charge is 2.16. The first-order valence-corrected chi connectivity index (χ1v) is 7.93. The minimum atomic E-state index is 0.386. The lowest BCUT2D eigenvalue weighted by Gasteiger charge is -2.13. The molecule has 0 aliphatic heterocycles. The first-order chi connectivity index (χ1) is 11.7. The molecule has 0 atom stereocenters. The highest BCUT2D eigenvalue weighted by atomic mass is 16.5. The summed E-state index contributed by atoms with van der Waals surface area (Å²) in [4.78, 5) is 4.56. The van der Waals surface area contributed by atoms with Gasteiger partial charge in [-0.15, -0.1) is 0 Å². The molecule has 0 radical (unpaired) electrons. The number of hydrogen-bond donors (Lipinski definition) is 0. The van der Waals surface area contributed by atoms with Crippen LogP contribution in [0.25, 0.3) is 22.4 Å². The third-order valence-corrected chi connectivity index (χ3v) is 3.81. The fourth-order valence-corrected chi connectivity index (χ4v) is 2.59. The van der Waals surface area contributed by atoms with Crippen molar-refractivity contribution in [2.24, 2.45) is 0 Å². The van der Waals surface area contributed by atoms with Gasteiger partial charge in [0.1, 0.15) is 11.6 Å². The number of ether oxygens (including phenoxy) is 1. The van der Waals surface area contributed by atoms with E-state index in [1.807, 2.05) is 74.5 Å². The zero-order chi connectivity index (χ0) is 16.9. The first kappa shape index (κ1) is 15.8. The van der Waals surface area contributed by atoms with Crippen LogP contribution in [0, 0.1) is 18.3 Å². The summed E-state index contributed by atoms with van der Waals surface area (Å²) in [5.41, 5.74) is 5.28. The number of aromatic nitrogens is 1. The van der Waals surface area contributed by atoms with Gasteiger partial charge in [-0.3, -0.25) is 0 Å². The molecule has 0 bridgehead atoms. The average Bonchev–Trinajstić information content (AvgIpc) is 2.63. The highest BCUT2D eigenvalue weighted by Crippen LogP contribution is 2.33. The van der Waals surface area contributed by atoms with E-state index < -0.39 is 0 Å². The van der Waals surface area contributed by atoms with Crippen molar-refractivity contribution in [3.8, 4) is 34.3 Å². The normalized spacial score (nSPS) is 10.2. The Morgan fingerprint density at radius 3 is 2.33 bits per heavy atom. The molecular formula is C21H18N2O. The number of nitriles is 1. The second-order valence-corrected chi connectivity index (χ2v) is 5.51. The highest BCUT2D eigenvalue weighted by molar-refractivity contribution is 5.77. The maximum Gasteiger partial charge on any atom is 0.232 e. The Kier molecular flexibility index (Phi) is 4.58. The molecule has 2 aromatic carbocycles. The smallest absolute Gasteiger partial charge is 0.232 e. The Morgan fingerprint density at radius 2 is 1.71 bits per heavy atom. The second kappa shape index (κ2) is 6.97. The van der Waals surface area contributed by atoms with Crippen molar-refractivity contribution in [1.82, 2.24) is 4.98 Å². The molecule has 3 nitrogen and oxygen atoms in total. The quantitative estimate of drug-likeness (QED) is 0.681. The van der Waals surface area contributed by atoms with Crippen LogP contribution in [-0.4, -0.2) is 11.6 Å². The van der Waals surface area contributed by atoms with E-state index in [9.17, 15) is 5.26 Å². The summed E-state index contributed by atoms with van der Waals surface area (Å²) in [6.45, 7) is 4.40. The molecule has 1 aromatic heterocycles. The van der Waals surface area contributed by atoms with Gasteiger partial charge in [-0.25, -0.2) is 4.98 Å². The summed E-state index contributed by atoms with van der Waals surface area (Å²) >= 11 is 0. The Labute approximate surface area is 142 Å². The van der Waals surface area contributed by atoms with E-state index in [0.29, 0.717) is 18.1 Å². The summed E-state index contributed by atoms with van der Waals surface area (Å²) in [5.74, 6) is 0.386. The van der Waals surface area contributed by atoms with Crippen LogP contribution < -0.4 is 4.74 Å². The SMILES string of the molecule is CCOc1nc(-c2ccccc2)cc(-c2ccc(C)cc2)c1C#N. The zero-order valence-corrected chi connectivity index (χ0v) is 13.8. The lowest BCUT2D eigenvalue weighted by molar-refractivity contribution is 0.326. The molecule has 0 amide bonds. The standard InChI is InChI=1S/C21H18N2O/c1-3-24-21-19(14-22)18(16-11-9-15(2)10-12-16)13-20(23-21)17-7-5-4-6-8-17/h4-13H,3H2,1-2H3. The molecule has 0 saturated heterocycles. The number of pyridine rings is 1. The predicted octanol–water partition coefficient (Wildman–Crippen LogP) is 4.99. The minimum absolute atomic E-state index is 0.386. The van der Waals surface area contributed by atoms with E-state index in [-0.39, 0.29) is 0 Å². The molecule has 0 saturated carbocycles. The van der Waals surface area contributed by atoms with Crippen LogP contribution in [0.2, 0.25) is 0 Å². The molecule has 0 aliphatic rings. The summed E-state index contributed by atoms with van der Waals surface area (Å²) in [7, 11) is 0. The van der Waals surface area contributed by atoms with Crippen LogP contribution in [0.3, 0.4) is 0 Å². The molecule has 118 valence electrons. The molecule has 0 fully saturated rings. The number of hydrogen-bond acceptors (Lipinski definition) is 3. The number of rotatable bonds is 4. The second-order valence-electron chi connectivity index (χ2n) is 5.51. The van der Waals surface area contributed by atoms with Crippen molar-refractivity contribution in [2.75, 3.05) is 6.61 Å². The van der Waals surface area contributed by atoms with Crippen LogP contribution in [0.1, 0.15) is 18.1 Å². The molecule has 0 aliphatic carbocycles. The van der Waals surface area contributed by atoms with E-state index >= 15 is 0 Å². The van der Waals surface area contributed by atoms with Crippen molar-refractivity contribution in [1.29, 1.82) is 5.26 Å². The van der Waals surface area contributed by atoms with E-state index in [1.165, 1.54) is 5.56 Å². The molecule has 0 spiro atoms. The third-order valence-electron chi connectivity index (χ3n) is 3.81. The van der Waals surface area contributed by atoms with Gasteiger partial charge >= 0.3 is 0 Å². The van der Waals surface area contributed by atoms with Crippen molar-refractivity contribution in [2.45, 2.75) is 13.8 Å². The van der Waals surface area contributed by atoms with E-state index in [1.54, 1.807) is 0 Å². The molecule has 0 unspecified atom stereocenters. The molecule has 3 heteroatoms. The van der Waals surface area contributed by atoms with Gasteiger partial charge in [-0.1, -0.05) is 60.2 Å². The molecule has 1 heterocycles. The molecule has 3 rings (SSSR count). The van der Waals surface area contributed by atoms with Gasteiger partial charge in [0.15, 0.2) is 0 Å². The van der Waals surface area contributed by atoms with Gasteiger partial charge in [0, 0.05) is 11.1 Å². The summed E-state index contributed by atoms with van der Waals surface area (Å²) in [5, 5.41) is 9.63. The third kappa shape index (κ3) is 3.13. The van der Waals surface area contributed by atoms with Crippen LogP contribution >= 0.6 is 0 Å². The van der Waals surface area contributed by atoms with Crippen molar-refractivity contribution in [3.63, 3.8) is 0 Å². The van der Waals surface area contributed by atoms with Gasteiger partial charge in [0.05, 0.1) is 12.3 Å². The van der Waals surface area contributed by atoms with Crippen molar-refractivity contribution < 1.29 is 4.74 Å². The van der Waals surface area contributed by atoms with Gasteiger partial charge in [-0.05, 0) is 25.5 Å². The van der Waals surface area contributed by atoms with Crippen LogP contribution in [0.15, 0.2) is 60.7 Å². The van der Waals surface area contributed by atoms with Crippen LogP contribution in [0.4, 0.5) is 0 Å². The van der Waals surface area contributed by atoms with Crippen molar-refractivity contribution >= 4 is 0 Å². The average molecular weight is 314 g/mol. The fourth-order valence-electron chi connectivity index (χ4n) is 2.59. The van der Waals surface area contributed by atoms with Gasteiger partial charge in [-0.2, -0.15) is 5.26 Å². The Morgan fingerprint density at radius 1 is 1.00 bits per heavy atom. The maximum absolute atomic E-state index is 9.63. The molecule has 3 aromatic rings. The van der Waals surface area contributed by atoms with E-state index in [0.717, 1.165) is 22.4 Å². The molecule has 24 heavy (non-hydrogen) atoms. The van der Waals surface area contributed by atoms with E-state index in [2.05, 4.69) is 11.1 Å². The molecule has 0 N–H and O–H groups in total. The van der Waals surface area contributed by atoms with Gasteiger partial charge in [0.25, 0.3) is 0 Å². The summed E-state index contributed by atoms with van der Waals surface area (Å²) in [6, 6.07) is 22.3.